The Morgan fingerprint density at radius 3 is 2.44 bits per heavy atom. The van der Waals surface area contributed by atoms with E-state index < -0.39 is 11.9 Å². The first-order valence-electron chi connectivity index (χ1n) is 4.54. The summed E-state index contributed by atoms with van der Waals surface area (Å²) in [5.74, 6) is -0.207. The molecule has 4 nitrogen and oxygen atoms in total. The molecule has 0 radical (unpaired) electrons. The fourth-order valence-corrected chi connectivity index (χ4v) is 1.41. The zero-order valence-corrected chi connectivity index (χ0v) is 10.6. The van der Waals surface area contributed by atoms with E-state index >= 15 is 0 Å². The number of nitrogens with one attached hydrogen (secondary N) is 2. The average Bonchev–Trinajstić information content (AvgIpc) is 2.21. The number of amides is 3. The lowest BCUT2D eigenvalue weighted by Gasteiger charge is -2.05. The van der Waals surface area contributed by atoms with Crippen molar-refractivity contribution in [3.63, 3.8) is 0 Å². The maximum atomic E-state index is 11.3. The maximum absolute atomic E-state index is 11.3. The van der Waals surface area contributed by atoms with Gasteiger partial charge in [-0.25, -0.2) is 4.79 Å². The zero-order valence-electron chi connectivity index (χ0n) is 8.30. The molecule has 0 aliphatic heterocycles. The molecule has 86 valence electrons. The Hall–Kier alpha value is -1.07. The molecule has 0 spiro atoms. The van der Waals surface area contributed by atoms with Gasteiger partial charge >= 0.3 is 6.03 Å². The lowest BCUT2D eigenvalue weighted by atomic mass is 10.3. The monoisotopic (exact) mass is 304 g/mol. The Morgan fingerprint density at radius 2 is 1.88 bits per heavy atom. The van der Waals surface area contributed by atoms with Crippen LogP contribution in [0, 0.1) is 0 Å². The largest absolute Gasteiger partial charge is 0.325 e. The van der Waals surface area contributed by atoms with Crippen LogP contribution in [0.25, 0.3) is 0 Å². The number of urea groups is 1. The van der Waals surface area contributed by atoms with Crippen molar-refractivity contribution in [2.45, 2.75) is 6.42 Å². The molecule has 3 amide bonds. The molecule has 0 bridgehead atoms. The van der Waals surface area contributed by atoms with Crippen LogP contribution in [0.3, 0.4) is 0 Å². The van der Waals surface area contributed by atoms with Gasteiger partial charge in [0, 0.05) is 22.5 Å². The van der Waals surface area contributed by atoms with E-state index in [-0.39, 0.29) is 12.3 Å². The first kappa shape index (κ1) is 13.0. The van der Waals surface area contributed by atoms with Crippen LogP contribution in [0.15, 0.2) is 28.7 Å². The number of anilines is 1. The molecule has 0 heterocycles. The number of imide groups is 1. The van der Waals surface area contributed by atoms with Gasteiger partial charge in [0.25, 0.3) is 0 Å². The van der Waals surface area contributed by atoms with Crippen molar-refractivity contribution in [1.29, 1.82) is 0 Å². The van der Waals surface area contributed by atoms with Crippen molar-refractivity contribution < 1.29 is 9.59 Å². The number of rotatable bonds is 3. The number of halogens is 2. The van der Waals surface area contributed by atoms with Gasteiger partial charge in [0.05, 0.1) is 0 Å². The van der Waals surface area contributed by atoms with E-state index in [0.717, 1.165) is 4.47 Å². The predicted molar refractivity (Wildman–Crippen MR) is 66.6 cm³/mol. The summed E-state index contributed by atoms with van der Waals surface area (Å²) < 4.78 is 0.914. The van der Waals surface area contributed by atoms with E-state index in [1.807, 2.05) is 0 Å². The molecule has 1 aromatic carbocycles. The number of hydrogen-bond acceptors (Lipinski definition) is 2. The molecular weight excluding hydrogens is 295 g/mol. The highest BCUT2D eigenvalue weighted by molar-refractivity contribution is 9.10. The number of carbonyl (C=O) groups is 2. The van der Waals surface area contributed by atoms with Crippen LogP contribution in [-0.2, 0) is 4.79 Å². The van der Waals surface area contributed by atoms with Crippen molar-refractivity contribution in [3.05, 3.63) is 28.7 Å². The zero-order chi connectivity index (χ0) is 12.0. The first-order valence-corrected chi connectivity index (χ1v) is 5.87. The summed E-state index contributed by atoms with van der Waals surface area (Å²) in [4.78, 5) is 22.3. The number of hydrogen-bond donors (Lipinski definition) is 2. The van der Waals surface area contributed by atoms with Gasteiger partial charge in [0.1, 0.15) is 0 Å². The van der Waals surface area contributed by atoms with E-state index in [1.165, 1.54) is 0 Å². The Labute approximate surface area is 106 Å². The minimum Gasteiger partial charge on any atom is -0.308 e. The Morgan fingerprint density at radius 1 is 1.25 bits per heavy atom. The second-order valence-electron chi connectivity index (χ2n) is 2.95. The summed E-state index contributed by atoms with van der Waals surface area (Å²) in [6.45, 7) is 0. The second kappa shape index (κ2) is 6.50. The number of alkyl halides is 1. The van der Waals surface area contributed by atoms with Crippen molar-refractivity contribution in [3.8, 4) is 0 Å². The highest BCUT2D eigenvalue weighted by atomic mass is 79.9. The van der Waals surface area contributed by atoms with Gasteiger partial charge < -0.3 is 5.32 Å². The molecule has 0 aliphatic rings. The van der Waals surface area contributed by atoms with Crippen molar-refractivity contribution in [1.82, 2.24) is 5.32 Å². The van der Waals surface area contributed by atoms with Crippen LogP contribution < -0.4 is 10.6 Å². The minimum absolute atomic E-state index is 0.120. The molecule has 1 rings (SSSR count). The van der Waals surface area contributed by atoms with Gasteiger partial charge in [-0.1, -0.05) is 15.9 Å². The van der Waals surface area contributed by atoms with Gasteiger partial charge in [0.2, 0.25) is 5.91 Å². The fourth-order valence-electron chi connectivity index (χ4n) is 0.971. The lowest BCUT2D eigenvalue weighted by molar-refractivity contribution is -0.119. The number of carbonyl (C=O) groups excluding carboxylic acids is 2. The third-order valence-electron chi connectivity index (χ3n) is 1.68. The van der Waals surface area contributed by atoms with Crippen LogP contribution in [0.5, 0.6) is 0 Å². The topological polar surface area (TPSA) is 58.2 Å². The van der Waals surface area contributed by atoms with Crippen LogP contribution >= 0.6 is 27.5 Å². The van der Waals surface area contributed by atoms with Gasteiger partial charge in [-0.05, 0) is 24.3 Å². The van der Waals surface area contributed by atoms with E-state index in [4.69, 9.17) is 11.6 Å². The molecule has 16 heavy (non-hydrogen) atoms. The Bertz CT molecular complexity index is 381. The summed E-state index contributed by atoms with van der Waals surface area (Å²) in [5, 5.41) is 4.68. The molecule has 0 aromatic heterocycles. The SMILES string of the molecule is O=C(CCCl)NC(=O)Nc1ccc(Br)cc1. The van der Waals surface area contributed by atoms with Gasteiger partial charge in [-0.3, -0.25) is 10.1 Å². The Kier molecular flexibility index (Phi) is 5.28. The standard InChI is InChI=1S/C10H10BrClN2O2/c11-7-1-3-8(4-2-7)13-10(16)14-9(15)5-6-12/h1-4H,5-6H2,(H2,13,14,15,16). The number of benzene rings is 1. The minimum atomic E-state index is -0.558. The summed E-state index contributed by atoms with van der Waals surface area (Å²) in [7, 11) is 0. The molecule has 2 N–H and O–H groups in total. The third-order valence-corrected chi connectivity index (χ3v) is 2.39. The smallest absolute Gasteiger partial charge is 0.308 e. The molecule has 0 atom stereocenters. The predicted octanol–water partition coefficient (Wildman–Crippen LogP) is 2.73. The van der Waals surface area contributed by atoms with Crippen molar-refractivity contribution in [2.75, 3.05) is 11.2 Å². The van der Waals surface area contributed by atoms with E-state index in [2.05, 4.69) is 26.6 Å². The van der Waals surface area contributed by atoms with Crippen LogP contribution in [0.4, 0.5) is 10.5 Å². The van der Waals surface area contributed by atoms with Gasteiger partial charge in [-0.2, -0.15) is 0 Å². The normalized spacial score (nSPS) is 9.62. The third kappa shape index (κ3) is 4.63. The average molecular weight is 306 g/mol. The molecule has 0 saturated carbocycles. The van der Waals surface area contributed by atoms with Crippen LogP contribution in [0.2, 0.25) is 0 Å². The van der Waals surface area contributed by atoms with Crippen LogP contribution in [0.1, 0.15) is 6.42 Å². The van der Waals surface area contributed by atoms with Gasteiger partial charge in [-0.15, -0.1) is 11.6 Å². The van der Waals surface area contributed by atoms with E-state index in [0.29, 0.717) is 5.69 Å². The van der Waals surface area contributed by atoms with E-state index in [1.54, 1.807) is 24.3 Å². The van der Waals surface area contributed by atoms with Crippen LogP contribution in [-0.4, -0.2) is 17.8 Å². The molecule has 6 heteroatoms. The Balaban J connectivity index is 2.45. The van der Waals surface area contributed by atoms with Crippen molar-refractivity contribution in [2.24, 2.45) is 0 Å². The highest BCUT2D eigenvalue weighted by Crippen LogP contribution is 2.13. The molecule has 1 aromatic rings. The quantitative estimate of drug-likeness (QED) is 0.844. The summed E-state index contributed by atoms with van der Waals surface area (Å²) in [6, 6.07) is 6.45. The van der Waals surface area contributed by atoms with Crippen molar-refractivity contribution >= 4 is 45.2 Å². The van der Waals surface area contributed by atoms with Gasteiger partial charge in [0.15, 0.2) is 0 Å². The molecule has 0 aliphatic carbocycles. The van der Waals surface area contributed by atoms with E-state index in [9.17, 15) is 9.59 Å². The second-order valence-corrected chi connectivity index (χ2v) is 4.24. The maximum Gasteiger partial charge on any atom is 0.325 e. The lowest BCUT2D eigenvalue weighted by Crippen LogP contribution is -2.34. The first-order chi connectivity index (χ1) is 7.61. The fraction of sp³-hybridized carbons (Fsp3) is 0.200. The molecule has 0 saturated heterocycles. The highest BCUT2D eigenvalue weighted by Gasteiger charge is 2.06. The molecular formula is C10H10BrClN2O2. The molecule has 0 fully saturated rings. The summed E-state index contributed by atoms with van der Waals surface area (Å²) >= 11 is 8.64. The summed E-state index contributed by atoms with van der Waals surface area (Å²) in [6.07, 6.45) is 0.120. The summed E-state index contributed by atoms with van der Waals surface area (Å²) in [5.41, 5.74) is 0.611. The molecule has 0 unspecified atom stereocenters.